The van der Waals surface area contributed by atoms with Crippen molar-refractivity contribution in [2.45, 2.75) is 24.6 Å². The van der Waals surface area contributed by atoms with E-state index >= 15 is 0 Å². The highest BCUT2D eigenvalue weighted by atomic mass is 32.2. The number of carboxylic acids is 1. The van der Waals surface area contributed by atoms with E-state index in [0.717, 1.165) is 17.7 Å². The fourth-order valence-electron chi connectivity index (χ4n) is 2.73. The lowest BCUT2D eigenvalue weighted by molar-refractivity contribution is -0.147. The summed E-state index contributed by atoms with van der Waals surface area (Å²) in [6.45, 7) is 0.526. The first-order valence-electron chi connectivity index (χ1n) is 7.75. The van der Waals surface area contributed by atoms with Gasteiger partial charge in [0.15, 0.2) is 0 Å². The number of amides is 1. The van der Waals surface area contributed by atoms with Gasteiger partial charge < -0.3 is 14.4 Å². The van der Waals surface area contributed by atoms with E-state index in [0.29, 0.717) is 24.6 Å². The lowest BCUT2D eigenvalue weighted by Gasteiger charge is -2.21. The van der Waals surface area contributed by atoms with Crippen LogP contribution in [0.15, 0.2) is 41.0 Å². The van der Waals surface area contributed by atoms with Crippen molar-refractivity contribution in [1.82, 2.24) is 9.88 Å². The number of oxazole rings is 1. The van der Waals surface area contributed by atoms with Gasteiger partial charge in [-0.3, -0.25) is 4.79 Å². The van der Waals surface area contributed by atoms with Crippen LogP contribution in [0, 0.1) is 0 Å². The van der Waals surface area contributed by atoms with Crippen LogP contribution >= 0.6 is 11.8 Å². The van der Waals surface area contributed by atoms with Crippen LogP contribution in [0.5, 0.6) is 0 Å². The van der Waals surface area contributed by atoms with Gasteiger partial charge in [-0.25, -0.2) is 9.78 Å². The summed E-state index contributed by atoms with van der Waals surface area (Å²) in [5, 5.41) is 9.12. The van der Waals surface area contributed by atoms with E-state index in [4.69, 9.17) is 9.52 Å². The van der Waals surface area contributed by atoms with E-state index in [1.165, 1.54) is 16.7 Å². The number of hydrogen-bond acceptors (Lipinski definition) is 5. The van der Waals surface area contributed by atoms with E-state index < -0.39 is 12.0 Å². The average Bonchev–Trinajstić information content (AvgIpc) is 3.25. The molecule has 1 aliphatic heterocycles. The number of carbonyl (C=O) groups is 2. The fraction of sp³-hybridized carbons (Fsp3) is 0.353. The number of carboxylic acid groups (broad SMARTS) is 1. The Morgan fingerprint density at radius 1 is 1.33 bits per heavy atom. The Morgan fingerprint density at radius 3 is 2.88 bits per heavy atom. The van der Waals surface area contributed by atoms with E-state index in [-0.39, 0.29) is 11.7 Å². The summed E-state index contributed by atoms with van der Waals surface area (Å²) in [6, 6.07) is 8.94. The number of benzene rings is 1. The van der Waals surface area contributed by atoms with Gasteiger partial charge >= 0.3 is 5.97 Å². The molecule has 1 atom stereocenters. The van der Waals surface area contributed by atoms with E-state index in [1.54, 1.807) is 6.26 Å². The second-order valence-electron chi connectivity index (χ2n) is 5.59. The predicted octanol–water partition coefficient (Wildman–Crippen LogP) is 2.65. The Balaban J connectivity index is 1.51. The molecular weight excluding hydrogens is 328 g/mol. The van der Waals surface area contributed by atoms with Crippen LogP contribution in [0.25, 0.3) is 11.5 Å². The molecule has 1 aromatic carbocycles. The molecular formula is C17H18N2O4S. The minimum absolute atomic E-state index is 0.128. The highest BCUT2D eigenvalue weighted by Crippen LogP contribution is 2.22. The molecule has 0 bridgehead atoms. The molecule has 0 saturated carbocycles. The molecule has 0 spiro atoms. The van der Waals surface area contributed by atoms with Crippen molar-refractivity contribution in [2.75, 3.05) is 12.3 Å². The molecule has 3 rings (SSSR count). The first-order chi connectivity index (χ1) is 11.6. The molecule has 7 heteroatoms. The Kier molecular flexibility index (Phi) is 5.20. The van der Waals surface area contributed by atoms with Gasteiger partial charge in [0.05, 0.1) is 11.4 Å². The van der Waals surface area contributed by atoms with Crippen molar-refractivity contribution >= 4 is 23.6 Å². The number of thioether (sulfide) groups is 1. The molecule has 126 valence electrons. The molecule has 1 fully saturated rings. The average molecular weight is 346 g/mol. The Morgan fingerprint density at radius 2 is 2.12 bits per heavy atom. The summed E-state index contributed by atoms with van der Waals surface area (Å²) in [5.74, 6) is 0.305. The molecule has 1 unspecified atom stereocenters. The topological polar surface area (TPSA) is 83.6 Å². The molecule has 0 radical (unpaired) electrons. The standard InChI is InChI=1S/C17H18N2O4S/c20-15(19-8-4-7-14(19)17(21)22)11-24-10-13-9-23-16(18-13)12-5-2-1-3-6-12/h1-3,5-6,9,14H,4,7-8,10-11H2,(H,21,22). The zero-order valence-electron chi connectivity index (χ0n) is 13.1. The molecule has 2 aromatic rings. The normalized spacial score (nSPS) is 17.2. The van der Waals surface area contributed by atoms with Crippen molar-refractivity contribution in [3.05, 3.63) is 42.3 Å². The molecule has 1 aromatic heterocycles. The number of likely N-dealkylation sites (tertiary alicyclic amines) is 1. The summed E-state index contributed by atoms with van der Waals surface area (Å²) < 4.78 is 5.46. The summed E-state index contributed by atoms with van der Waals surface area (Å²) in [7, 11) is 0. The molecule has 1 saturated heterocycles. The van der Waals surface area contributed by atoms with Crippen LogP contribution in [-0.4, -0.2) is 45.2 Å². The zero-order chi connectivity index (χ0) is 16.9. The minimum Gasteiger partial charge on any atom is -0.480 e. The highest BCUT2D eigenvalue weighted by Gasteiger charge is 2.33. The van der Waals surface area contributed by atoms with Crippen LogP contribution in [0.4, 0.5) is 0 Å². The maximum atomic E-state index is 12.2. The largest absolute Gasteiger partial charge is 0.480 e. The number of rotatable bonds is 6. The summed E-state index contributed by atoms with van der Waals surface area (Å²) in [5.41, 5.74) is 1.68. The van der Waals surface area contributed by atoms with Gasteiger partial charge in [-0.2, -0.15) is 0 Å². The fourth-order valence-corrected chi connectivity index (χ4v) is 3.52. The van der Waals surface area contributed by atoms with Crippen LogP contribution in [0.2, 0.25) is 0 Å². The number of carbonyl (C=O) groups excluding carboxylic acids is 1. The SMILES string of the molecule is O=C(O)C1CCCN1C(=O)CSCc1coc(-c2ccccc2)n1. The number of nitrogens with zero attached hydrogens (tertiary/aromatic N) is 2. The van der Waals surface area contributed by atoms with Crippen LogP contribution in [0.3, 0.4) is 0 Å². The number of aliphatic carboxylic acids is 1. The second kappa shape index (κ2) is 7.53. The van der Waals surface area contributed by atoms with Gasteiger partial charge in [-0.15, -0.1) is 11.8 Å². The highest BCUT2D eigenvalue weighted by molar-refractivity contribution is 7.99. The molecule has 6 nitrogen and oxygen atoms in total. The Bertz CT molecular complexity index is 716. The summed E-state index contributed by atoms with van der Waals surface area (Å²) in [6.07, 6.45) is 2.88. The van der Waals surface area contributed by atoms with Crippen molar-refractivity contribution in [1.29, 1.82) is 0 Å². The summed E-state index contributed by atoms with van der Waals surface area (Å²) >= 11 is 1.42. The zero-order valence-corrected chi connectivity index (χ0v) is 13.9. The maximum absolute atomic E-state index is 12.2. The maximum Gasteiger partial charge on any atom is 0.326 e. The number of hydrogen-bond donors (Lipinski definition) is 1. The first-order valence-corrected chi connectivity index (χ1v) is 8.90. The van der Waals surface area contributed by atoms with E-state index in [2.05, 4.69) is 4.98 Å². The van der Waals surface area contributed by atoms with Crippen molar-refractivity contribution in [3.8, 4) is 11.5 Å². The lowest BCUT2D eigenvalue weighted by atomic mass is 10.2. The van der Waals surface area contributed by atoms with Gasteiger partial charge in [0.2, 0.25) is 11.8 Å². The lowest BCUT2D eigenvalue weighted by Crippen LogP contribution is -2.41. The third-order valence-corrected chi connectivity index (χ3v) is 4.86. The van der Waals surface area contributed by atoms with E-state index in [9.17, 15) is 9.59 Å². The molecule has 2 heterocycles. The molecule has 0 aliphatic carbocycles. The van der Waals surface area contributed by atoms with Gasteiger partial charge in [0.1, 0.15) is 12.3 Å². The number of aromatic nitrogens is 1. The smallest absolute Gasteiger partial charge is 0.326 e. The van der Waals surface area contributed by atoms with Gasteiger partial charge in [-0.05, 0) is 25.0 Å². The Labute approximate surface area is 143 Å². The molecule has 24 heavy (non-hydrogen) atoms. The van der Waals surface area contributed by atoms with Gasteiger partial charge in [0, 0.05) is 17.9 Å². The van der Waals surface area contributed by atoms with Crippen molar-refractivity contribution in [3.63, 3.8) is 0 Å². The molecule has 1 aliphatic rings. The third kappa shape index (κ3) is 3.79. The predicted molar refractivity (Wildman–Crippen MR) is 90.5 cm³/mol. The summed E-state index contributed by atoms with van der Waals surface area (Å²) in [4.78, 5) is 29.2. The molecule has 1 N–H and O–H groups in total. The van der Waals surface area contributed by atoms with Crippen LogP contribution in [0.1, 0.15) is 18.5 Å². The van der Waals surface area contributed by atoms with E-state index in [1.807, 2.05) is 30.3 Å². The van der Waals surface area contributed by atoms with Crippen LogP contribution < -0.4 is 0 Å². The monoisotopic (exact) mass is 346 g/mol. The third-order valence-electron chi connectivity index (χ3n) is 3.91. The van der Waals surface area contributed by atoms with Crippen molar-refractivity contribution < 1.29 is 19.1 Å². The van der Waals surface area contributed by atoms with Crippen molar-refractivity contribution in [2.24, 2.45) is 0 Å². The quantitative estimate of drug-likeness (QED) is 0.866. The second-order valence-corrected chi connectivity index (χ2v) is 6.57. The Hall–Kier alpha value is -2.28. The first kappa shape index (κ1) is 16.6. The molecule has 1 amide bonds. The van der Waals surface area contributed by atoms with Gasteiger partial charge in [0.25, 0.3) is 0 Å². The van der Waals surface area contributed by atoms with Crippen LogP contribution in [-0.2, 0) is 15.3 Å². The van der Waals surface area contributed by atoms with Gasteiger partial charge in [-0.1, -0.05) is 18.2 Å². The minimum atomic E-state index is -0.921.